The number of piperidine rings is 1. The van der Waals surface area contributed by atoms with Crippen LogP contribution in [0.3, 0.4) is 0 Å². The van der Waals surface area contributed by atoms with Gasteiger partial charge in [-0.25, -0.2) is 0 Å². The molecule has 1 aliphatic heterocycles. The van der Waals surface area contributed by atoms with E-state index in [9.17, 15) is 9.59 Å². The van der Waals surface area contributed by atoms with E-state index in [4.69, 9.17) is 0 Å². The summed E-state index contributed by atoms with van der Waals surface area (Å²) in [5.41, 5.74) is 0. The van der Waals surface area contributed by atoms with Gasteiger partial charge in [-0.05, 0) is 31.6 Å². The largest absolute Gasteiger partial charge is 0.346 e. The van der Waals surface area contributed by atoms with Crippen molar-refractivity contribution in [2.24, 2.45) is 17.8 Å². The van der Waals surface area contributed by atoms with Crippen LogP contribution in [0.4, 0.5) is 0 Å². The second-order valence-electron chi connectivity index (χ2n) is 6.59. The van der Waals surface area contributed by atoms with Crippen LogP contribution in [-0.2, 0) is 9.59 Å². The number of hydrogen-bond acceptors (Lipinski definition) is 2. The van der Waals surface area contributed by atoms with Crippen molar-refractivity contribution in [2.45, 2.75) is 46.0 Å². The van der Waals surface area contributed by atoms with E-state index in [0.717, 1.165) is 45.3 Å². The third-order valence-electron chi connectivity index (χ3n) is 4.62. The van der Waals surface area contributed by atoms with E-state index in [1.807, 2.05) is 11.9 Å². The maximum atomic E-state index is 12.4. The topological polar surface area (TPSA) is 40.6 Å². The number of rotatable bonds is 5. The molecule has 1 saturated carbocycles. The molecule has 0 aromatic heterocycles. The highest BCUT2D eigenvalue weighted by Gasteiger charge is 2.50. The van der Waals surface area contributed by atoms with Gasteiger partial charge in [0.2, 0.25) is 11.8 Å². The molecular formula is C16H28N2O2. The molecule has 2 rings (SSSR count). The third kappa shape index (κ3) is 3.53. The Kier molecular flexibility index (Phi) is 5.06. The van der Waals surface area contributed by atoms with Crippen molar-refractivity contribution in [2.75, 3.05) is 26.7 Å². The minimum atomic E-state index is -0.0402. The third-order valence-corrected chi connectivity index (χ3v) is 4.62. The van der Waals surface area contributed by atoms with E-state index >= 15 is 0 Å². The van der Waals surface area contributed by atoms with Gasteiger partial charge >= 0.3 is 0 Å². The monoisotopic (exact) mass is 280 g/mol. The van der Waals surface area contributed by atoms with E-state index in [1.54, 1.807) is 4.90 Å². The van der Waals surface area contributed by atoms with Crippen LogP contribution < -0.4 is 0 Å². The summed E-state index contributed by atoms with van der Waals surface area (Å²) in [6.45, 7) is 6.90. The van der Waals surface area contributed by atoms with Gasteiger partial charge in [-0.2, -0.15) is 0 Å². The van der Waals surface area contributed by atoms with Crippen molar-refractivity contribution >= 4 is 11.8 Å². The SMILES string of the molecule is CCCCN(C)C(=O)C1CC1C(=O)N1CCCC(C)C1. The predicted octanol–water partition coefficient (Wildman–Crippen LogP) is 2.14. The summed E-state index contributed by atoms with van der Waals surface area (Å²) in [4.78, 5) is 28.4. The van der Waals surface area contributed by atoms with Crippen molar-refractivity contribution in [1.29, 1.82) is 0 Å². The summed E-state index contributed by atoms with van der Waals surface area (Å²) < 4.78 is 0. The van der Waals surface area contributed by atoms with Gasteiger partial charge in [0.25, 0.3) is 0 Å². The summed E-state index contributed by atoms with van der Waals surface area (Å²) in [6, 6.07) is 0. The van der Waals surface area contributed by atoms with Crippen molar-refractivity contribution < 1.29 is 9.59 Å². The number of unbranched alkanes of at least 4 members (excludes halogenated alkanes) is 1. The standard InChI is InChI=1S/C16H28N2O2/c1-4-5-8-17(3)15(19)13-10-14(13)16(20)18-9-6-7-12(2)11-18/h12-14H,4-11H2,1-3H3. The van der Waals surface area contributed by atoms with Crippen LogP contribution in [0.5, 0.6) is 0 Å². The molecular weight excluding hydrogens is 252 g/mol. The highest BCUT2D eigenvalue weighted by atomic mass is 16.2. The molecule has 3 atom stereocenters. The smallest absolute Gasteiger partial charge is 0.226 e. The molecule has 1 aliphatic carbocycles. The average Bonchev–Trinajstić information content (AvgIpc) is 3.23. The molecule has 1 heterocycles. The molecule has 2 amide bonds. The molecule has 0 N–H and O–H groups in total. The molecule has 4 nitrogen and oxygen atoms in total. The normalized spacial score (nSPS) is 29.1. The van der Waals surface area contributed by atoms with Crippen molar-refractivity contribution in [3.8, 4) is 0 Å². The van der Waals surface area contributed by atoms with Gasteiger partial charge in [-0.3, -0.25) is 9.59 Å². The Morgan fingerprint density at radius 1 is 1.30 bits per heavy atom. The van der Waals surface area contributed by atoms with Gasteiger partial charge in [0.1, 0.15) is 0 Å². The summed E-state index contributed by atoms with van der Waals surface area (Å²) in [5.74, 6) is 0.923. The maximum absolute atomic E-state index is 12.4. The Morgan fingerprint density at radius 2 is 2.05 bits per heavy atom. The fraction of sp³-hybridized carbons (Fsp3) is 0.875. The molecule has 1 saturated heterocycles. The van der Waals surface area contributed by atoms with E-state index in [-0.39, 0.29) is 23.7 Å². The zero-order valence-corrected chi connectivity index (χ0v) is 13.1. The van der Waals surface area contributed by atoms with Gasteiger partial charge in [0.05, 0.1) is 11.8 Å². The number of carbonyl (C=O) groups is 2. The first-order valence-electron chi connectivity index (χ1n) is 8.08. The van der Waals surface area contributed by atoms with Crippen LogP contribution in [0, 0.1) is 17.8 Å². The molecule has 4 heteroatoms. The molecule has 0 aromatic carbocycles. The Bertz CT molecular complexity index is 369. The number of amides is 2. The van der Waals surface area contributed by atoms with Crippen LogP contribution in [0.25, 0.3) is 0 Å². The highest BCUT2D eigenvalue weighted by molar-refractivity contribution is 5.92. The lowest BCUT2D eigenvalue weighted by Crippen LogP contribution is -2.41. The van der Waals surface area contributed by atoms with Crippen molar-refractivity contribution in [1.82, 2.24) is 9.80 Å². The van der Waals surface area contributed by atoms with E-state index in [0.29, 0.717) is 5.92 Å². The maximum Gasteiger partial charge on any atom is 0.226 e. The molecule has 0 radical (unpaired) electrons. The Hall–Kier alpha value is -1.06. The minimum absolute atomic E-state index is 0.0307. The summed E-state index contributed by atoms with van der Waals surface area (Å²) in [7, 11) is 1.86. The van der Waals surface area contributed by atoms with Gasteiger partial charge in [0.15, 0.2) is 0 Å². The molecule has 0 aromatic rings. The van der Waals surface area contributed by atoms with Gasteiger partial charge in [-0.15, -0.1) is 0 Å². The molecule has 20 heavy (non-hydrogen) atoms. The summed E-state index contributed by atoms with van der Waals surface area (Å²) in [6.07, 6.45) is 5.22. The van der Waals surface area contributed by atoms with Crippen LogP contribution in [0.1, 0.15) is 46.0 Å². The Labute approximate surface area is 122 Å². The first-order chi connectivity index (χ1) is 9.54. The number of nitrogens with zero attached hydrogens (tertiary/aromatic N) is 2. The van der Waals surface area contributed by atoms with Gasteiger partial charge in [-0.1, -0.05) is 20.3 Å². The second-order valence-corrected chi connectivity index (χ2v) is 6.59. The molecule has 0 spiro atoms. The van der Waals surface area contributed by atoms with Gasteiger partial charge < -0.3 is 9.80 Å². The lowest BCUT2D eigenvalue weighted by Gasteiger charge is -2.31. The van der Waals surface area contributed by atoms with Crippen LogP contribution in [-0.4, -0.2) is 48.3 Å². The lowest BCUT2D eigenvalue weighted by atomic mass is 10.00. The fourth-order valence-electron chi connectivity index (χ4n) is 3.15. The zero-order valence-electron chi connectivity index (χ0n) is 13.1. The lowest BCUT2D eigenvalue weighted by molar-refractivity contribution is -0.138. The van der Waals surface area contributed by atoms with Crippen LogP contribution in [0.15, 0.2) is 0 Å². The van der Waals surface area contributed by atoms with Crippen LogP contribution >= 0.6 is 0 Å². The molecule has 3 unspecified atom stereocenters. The molecule has 0 bridgehead atoms. The molecule has 2 aliphatic rings. The van der Waals surface area contributed by atoms with Crippen LogP contribution in [0.2, 0.25) is 0 Å². The highest BCUT2D eigenvalue weighted by Crippen LogP contribution is 2.41. The average molecular weight is 280 g/mol. The Balaban J connectivity index is 1.81. The van der Waals surface area contributed by atoms with Crippen molar-refractivity contribution in [3.63, 3.8) is 0 Å². The van der Waals surface area contributed by atoms with Gasteiger partial charge in [0, 0.05) is 26.7 Å². The van der Waals surface area contributed by atoms with E-state index in [1.165, 1.54) is 6.42 Å². The number of likely N-dealkylation sites (tertiary alicyclic amines) is 1. The summed E-state index contributed by atoms with van der Waals surface area (Å²) in [5, 5.41) is 0. The molecule has 2 fully saturated rings. The minimum Gasteiger partial charge on any atom is -0.346 e. The number of carbonyl (C=O) groups excluding carboxylic acids is 2. The first-order valence-corrected chi connectivity index (χ1v) is 8.08. The van der Waals surface area contributed by atoms with E-state index in [2.05, 4.69) is 13.8 Å². The van der Waals surface area contributed by atoms with E-state index < -0.39 is 0 Å². The quantitative estimate of drug-likeness (QED) is 0.774. The fourth-order valence-corrected chi connectivity index (χ4v) is 3.15. The number of hydrogen-bond donors (Lipinski definition) is 0. The summed E-state index contributed by atoms with van der Waals surface area (Å²) >= 11 is 0. The molecule has 114 valence electrons. The predicted molar refractivity (Wildman–Crippen MR) is 79.1 cm³/mol. The Morgan fingerprint density at radius 3 is 2.70 bits per heavy atom. The first kappa shape index (κ1) is 15.3. The second kappa shape index (κ2) is 6.59. The zero-order chi connectivity index (χ0) is 14.7. The van der Waals surface area contributed by atoms with Crippen molar-refractivity contribution in [3.05, 3.63) is 0 Å².